The van der Waals surface area contributed by atoms with Crippen LogP contribution in [0.3, 0.4) is 0 Å². The molecule has 0 aliphatic heterocycles. The van der Waals surface area contributed by atoms with Crippen LogP contribution in [0.15, 0.2) is 29.6 Å². The Kier molecular flexibility index (Phi) is 1.46. The van der Waals surface area contributed by atoms with E-state index < -0.39 is 0 Å². The predicted octanol–water partition coefficient (Wildman–Crippen LogP) is 0.516. The topological polar surface area (TPSA) is 39.3 Å². The lowest BCUT2D eigenvalue weighted by Gasteiger charge is -2.00. The summed E-state index contributed by atoms with van der Waals surface area (Å²) >= 11 is 0. The molecule has 0 unspecified atom stereocenters. The third kappa shape index (κ3) is 0.845. The lowest BCUT2D eigenvalue weighted by atomic mass is 10.5. The first kappa shape index (κ1) is 7.09. The second-order valence-corrected chi connectivity index (χ2v) is 2.57. The van der Waals surface area contributed by atoms with Crippen molar-refractivity contribution < 1.29 is 0 Å². The fourth-order valence-corrected chi connectivity index (χ4v) is 1.20. The molecule has 2 heterocycles. The van der Waals surface area contributed by atoms with Gasteiger partial charge >= 0.3 is 5.69 Å². The van der Waals surface area contributed by atoms with Crippen LogP contribution in [-0.2, 0) is 6.54 Å². The largest absolute Gasteiger partial charge is 0.333 e. The Morgan fingerprint density at radius 3 is 3.17 bits per heavy atom. The van der Waals surface area contributed by atoms with Crippen LogP contribution in [0.4, 0.5) is 0 Å². The molecular formula is C8H9N3O. The SMILES string of the molecule is CCn1ccc2cncn2c1=O. The number of hydrogen-bond donors (Lipinski definition) is 0. The first-order valence-electron chi connectivity index (χ1n) is 3.84. The summed E-state index contributed by atoms with van der Waals surface area (Å²) in [6.07, 6.45) is 4.98. The smallest absolute Gasteiger partial charge is 0.301 e. The third-order valence-corrected chi connectivity index (χ3v) is 1.88. The fraction of sp³-hybridized carbons (Fsp3) is 0.250. The Morgan fingerprint density at radius 2 is 2.42 bits per heavy atom. The van der Waals surface area contributed by atoms with Crippen molar-refractivity contribution in [3.8, 4) is 0 Å². The van der Waals surface area contributed by atoms with Crippen LogP contribution >= 0.6 is 0 Å². The fourth-order valence-electron chi connectivity index (χ4n) is 1.20. The quantitative estimate of drug-likeness (QED) is 0.614. The summed E-state index contributed by atoms with van der Waals surface area (Å²) in [4.78, 5) is 15.4. The average molecular weight is 163 g/mol. The third-order valence-electron chi connectivity index (χ3n) is 1.88. The Bertz CT molecular complexity index is 455. The average Bonchev–Trinajstić information content (AvgIpc) is 2.53. The molecular weight excluding hydrogens is 154 g/mol. The maximum atomic E-state index is 11.5. The minimum Gasteiger partial charge on any atom is -0.301 e. The zero-order chi connectivity index (χ0) is 8.55. The standard InChI is InChI=1S/C8H9N3O/c1-2-10-4-3-7-5-9-6-11(7)8(10)12/h3-6H,2H2,1H3. The Hall–Kier alpha value is -1.58. The summed E-state index contributed by atoms with van der Waals surface area (Å²) in [6.45, 7) is 2.62. The van der Waals surface area contributed by atoms with Crippen LogP contribution < -0.4 is 5.69 Å². The predicted molar refractivity (Wildman–Crippen MR) is 45.1 cm³/mol. The second-order valence-electron chi connectivity index (χ2n) is 2.57. The van der Waals surface area contributed by atoms with Gasteiger partial charge in [-0.25, -0.2) is 9.78 Å². The molecule has 2 aromatic rings. The minimum atomic E-state index is -0.0347. The van der Waals surface area contributed by atoms with Gasteiger partial charge in [0.25, 0.3) is 0 Å². The van der Waals surface area contributed by atoms with Crippen molar-refractivity contribution in [1.29, 1.82) is 0 Å². The molecule has 0 spiro atoms. The van der Waals surface area contributed by atoms with E-state index in [-0.39, 0.29) is 5.69 Å². The molecule has 0 atom stereocenters. The Labute approximate surface area is 69.1 Å². The van der Waals surface area contributed by atoms with Crippen LogP contribution in [0.2, 0.25) is 0 Å². The number of fused-ring (bicyclic) bond motifs is 1. The van der Waals surface area contributed by atoms with E-state index >= 15 is 0 Å². The summed E-state index contributed by atoms with van der Waals surface area (Å²) in [5.41, 5.74) is 0.803. The van der Waals surface area contributed by atoms with Crippen LogP contribution in [0, 0.1) is 0 Å². The number of nitrogens with zero attached hydrogens (tertiary/aromatic N) is 3. The molecule has 0 aromatic carbocycles. The Balaban J connectivity index is 2.88. The van der Waals surface area contributed by atoms with Gasteiger partial charge in [-0.15, -0.1) is 0 Å². The van der Waals surface area contributed by atoms with Crippen LogP contribution in [0.1, 0.15) is 6.92 Å². The van der Waals surface area contributed by atoms with Crippen molar-refractivity contribution in [2.24, 2.45) is 0 Å². The van der Waals surface area contributed by atoms with Gasteiger partial charge in [-0.2, -0.15) is 0 Å². The summed E-state index contributed by atoms with van der Waals surface area (Å²) < 4.78 is 3.16. The summed E-state index contributed by atoms with van der Waals surface area (Å²) in [7, 11) is 0. The van der Waals surface area contributed by atoms with Gasteiger partial charge in [-0.05, 0) is 13.0 Å². The van der Waals surface area contributed by atoms with Gasteiger partial charge in [0.15, 0.2) is 0 Å². The molecule has 2 aromatic heterocycles. The lowest BCUT2D eigenvalue weighted by Crippen LogP contribution is -2.24. The van der Waals surface area contributed by atoms with Gasteiger partial charge in [0.05, 0.1) is 11.7 Å². The van der Waals surface area contributed by atoms with Gasteiger partial charge in [0.1, 0.15) is 6.33 Å². The molecule has 4 nitrogen and oxygen atoms in total. The highest BCUT2D eigenvalue weighted by Gasteiger charge is 1.98. The summed E-state index contributed by atoms with van der Waals surface area (Å²) in [6, 6.07) is 1.87. The highest BCUT2D eigenvalue weighted by atomic mass is 16.1. The van der Waals surface area contributed by atoms with Crippen molar-refractivity contribution in [3.05, 3.63) is 35.3 Å². The van der Waals surface area contributed by atoms with Crippen molar-refractivity contribution in [2.45, 2.75) is 13.5 Å². The Morgan fingerprint density at radius 1 is 1.58 bits per heavy atom. The van der Waals surface area contributed by atoms with Gasteiger partial charge in [-0.1, -0.05) is 0 Å². The summed E-state index contributed by atoms with van der Waals surface area (Å²) in [5.74, 6) is 0. The molecule has 12 heavy (non-hydrogen) atoms. The van der Waals surface area contributed by atoms with Gasteiger partial charge < -0.3 is 4.57 Å². The van der Waals surface area contributed by atoms with E-state index in [9.17, 15) is 4.79 Å². The van der Waals surface area contributed by atoms with Crippen LogP contribution in [0.25, 0.3) is 5.52 Å². The molecule has 0 radical (unpaired) electrons. The number of hydrogen-bond acceptors (Lipinski definition) is 2. The lowest BCUT2D eigenvalue weighted by molar-refractivity contribution is 0.688. The van der Waals surface area contributed by atoms with E-state index in [1.807, 2.05) is 13.0 Å². The molecule has 62 valence electrons. The molecule has 0 bridgehead atoms. The van der Waals surface area contributed by atoms with E-state index in [1.54, 1.807) is 17.0 Å². The maximum absolute atomic E-state index is 11.5. The van der Waals surface area contributed by atoms with Crippen LogP contribution in [-0.4, -0.2) is 14.0 Å². The molecule has 2 rings (SSSR count). The zero-order valence-corrected chi connectivity index (χ0v) is 6.77. The van der Waals surface area contributed by atoms with E-state index in [0.717, 1.165) is 5.52 Å². The number of rotatable bonds is 1. The van der Waals surface area contributed by atoms with Gasteiger partial charge in [0.2, 0.25) is 0 Å². The number of imidazole rings is 1. The molecule has 4 heteroatoms. The molecule has 0 saturated carbocycles. The first-order chi connectivity index (χ1) is 5.83. The number of aromatic nitrogens is 3. The molecule has 0 fully saturated rings. The molecule has 0 saturated heterocycles. The molecule has 0 amide bonds. The van der Waals surface area contributed by atoms with E-state index in [2.05, 4.69) is 4.98 Å². The van der Waals surface area contributed by atoms with Crippen molar-refractivity contribution in [2.75, 3.05) is 0 Å². The summed E-state index contributed by atoms with van der Waals surface area (Å²) in [5, 5.41) is 0. The van der Waals surface area contributed by atoms with E-state index in [1.165, 1.54) is 10.7 Å². The highest BCUT2D eigenvalue weighted by Crippen LogP contribution is 1.95. The van der Waals surface area contributed by atoms with Crippen molar-refractivity contribution >= 4 is 5.52 Å². The molecule has 0 N–H and O–H groups in total. The highest BCUT2D eigenvalue weighted by molar-refractivity contribution is 5.42. The van der Waals surface area contributed by atoms with E-state index in [0.29, 0.717) is 6.54 Å². The maximum Gasteiger partial charge on any atom is 0.333 e. The molecule has 0 aliphatic carbocycles. The van der Waals surface area contributed by atoms with Gasteiger partial charge in [0, 0.05) is 12.7 Å². The minimum absolute atomic E-state index is 0.0347. The van der Waals surface area contributed by atoms with Crippen molar-refractivity contribution in [1.82, 2.24) is 14.0 Å². The molecule has 0 aliphatic rings. The van der Waals surface area contributed by atoms with Crippen LogP contribution in [0.5, 0.6) is 0 Å². The normalized spacial score (nSPS) is 10.8. The first-order valence-corrected chi connectivity index (χ1v) is 3.84. The second kappa shape index (κ2) is 2.48. The monoisotopic (exact) mass is 163 g/mol. The van der Waals surface area contributed by atoms with Crippen molar-refractivity contribution in [3.63, 3.8) is 0 Å². The van der Waals surface area contributed by atoms with E-state index in [4.69, 9.17) is 0 Å². The van der Waals surface area contributed by atoms with Gasteiger partial charge in [-0.3, -0.25) is 4.40 Å². The number of aryl methyl sites for hydroxylation is 1. The zero-order valence-electron chi connectivity index (χ0n) is 6.77.